The van der Waals surface area contributed by atoms with E-state index in [2.05, 4.69) is 20.8 Å². The number of halogens is 1. The van der Waals surface area contributed by atoms with E-state index in [4.69, 9.17) is 18.0 Å². The number of aliphatic hydroxyl groups is 1. The molecule has 0 radical (unpaired) electrons. The summed E-state index contributed by atoms with van der Waals surface area (Å²) in [7, 11) is 2.04. The van der Waals surface area contributed by atoms with Crippen LogP contribution in [0.5, 0.6) is 0 Å². The molecule has 18 heavy (non-hydrogen) atoms. The summed E-state index contributed by atoms with van der Waals surface area (Å²) in [4.78, 5) is 2.56. The van der Waals surface area contributed by atoms with Crippen molar-refractivity contribution in [1.82, 2.24) is 0 Å². The quantitative estimate of drug-likeness (QED) is 0.832. The van der Waals surface area contributed by atoms with Crippen molar-refractivity contribution in [3.8, 4) is 0 Å². The topological polar surface area (TPSA) is 49.5 Å². The number of rotatable bonds is 4. The highest BCUT2D eigenvalue weighted by Crippen LogP contribution is 2.32. The van der Waals surface area contributed by atoms with E-state index in [0.29, 0.717) is 10.9 Å². The van der Waals surface area contributed by atoms with Crippen molar-refractivity contribution in [2.75, 3.05) is 18.5 Å². The lowest BCUT2D eigenvalue weighted by Crippen LogP contribution is -2.37. The van der Waals surface area contributed by atoms with Gasteiger partial charge >= 0.3 is 0 Å². The molecule has 0 heterocycles. The summed E-state index contributed by atoms with van der Waals surface area (Å²) in [5.74, 6) is 0.558. The molecule has 0 saturated heterocycles. The predicted octanol–water partition coefficient (Wildman–Crippen LogP) is 2.29. The zero-order valence-corrected chi connectivity index (χ0v) is 12.7. The molecule has 0 atom stereocenters. The van der Waals surface area contributed by atoms with Gasteiger partial charge in [0.05, 0.1) is 6.10 Å². The van der Waals surface area contributed by atoms with E-state index in [0.717, 1.165) is 35.1 Å². The minimum atomic E-state index is -0.110. The number of hydrogen-bond donors (Lipinski definition) is 2. The van der Waals surface area contributed by atoms with Crippen molar-refractivity contribution in [2.24, 2.45) is 11.7 Å². The smallest absolute Gasteiger partial charge is 0.107 e. The van der Waals surface area contributed by atoms with Crippen LogP contribution in [-0.2, 0) is 0 Å². The maximum absolute atomic E-state index is 9.32. The van der Waals surface area contributed by atoms with Gasteiger partial charge in [0, 0.05) is 29.3 Å². The summed E-state index contributed by atoms with van der Waals surface area (Å²) >= 11 is 8.60. The highest BCUT2D eigenvalue weighted by molar-refractivity contribution is 9.10. The molecular formula is C13H17BrN2OS. The summed E-state index contributed by atoms with van der Waals surface area (Å²) < 4.78 is 0.924. The second-order valence-corrected chi connectivity index (χ2v) is 6.16. The van der Waals surface area contributed by atoms with E-state index in [-0.39, 0.29) is 6.10 Å². The third-order valence-electron chi connectivity index (χ3n) is 3.39. The fourth-order valence-electron chi connectivity index (χ4n) is 2.41. The molecule has 3 nitrogen and oxygen atoms in total. The van der Waals surface area contributed by atoms with Gasteiger partial charge in [0.2, 0.25) is 0 Å². The number of nitrogens with zero attached hydrogens (tertiary/aromatic N) is 1. The van der Waals surface area contributed by atoms with Crippen LogP contribution < -0.4 is 10.6 Å². The Morgan fingerprint density at radius 3 is 2.78 bits per heavy atom. The minimum absolute atomic E-state index is 0.110. The lowest BCUT2D eigenvalue weighted by Gasteiger charge is -2.35. The molecular weight excluding hydrogens is 312 g/mol. The number of benzene rings is 1. The molecule has 0 bridgehead atoms. The first-order valence-corrected chi connectivity index (χ1v) is 7.16. The van der Waals surface area contributed by atoms with Gasteiger partial charge in [0.1, 0.15) is 4.99 Å². The van der Waals surface area contributed by atoms with Gasteiger partial charge < -0.3 is 15.7 Å². The fourth-order valence-corrected chi connectivity index (χ4v) is 3.33. The minimum Gasteiger partial charge on any atom is -0.393 e. The molecule has 0 aliphatic heterocycles. The van der Waals surface area contributed by atoms with E-state index in [1.54, 1.807) is 0 Å². The Hall–Kier alpha value is -0.650. The van der Waals surface area contributed by atoms with Crippen LogP contribution in [0.15, 0.2) is 22.7 Å². The zero-order valence-electron chi connectivity index (χ0n) is 10.3. The number of hydrogen-bond acceptors (Lipinski definition) is 3. The van der Waals surface area contributed by atoms with Gasteiger partial charge in [0.15, 0.2) is 0 Å². The summed E-state index contributed by atoms with van der Waals surface area (Å²) in [6.45, 7) is 0.920. The van der Waals surface area contributed by atoms with E-state index in [9.17, 15) is 5.11 Å². The third kappa shape index (κ3) is 2.84. The van der Waals surface area contributed by atoms with Crippen LogP contribution in [-0.4, -0.2) is 29.8 Å². The van der Waals surface area contributed by atoms with Crippen LogP contribution in [0.3, 0.4) is 0 Å². The van der Waals surface area contributed by atoms with Crippen molar-refractivity contribution in [3.05, 3.63) is 28.2 Å². The van der Waals surface area contributed by atoms with E-state index < -0.39 is 0 Å². The van der Waals surface area contributed by atoms with Crippen molar-refractivity contribution < 1.29 is 5.11 Å². The number of aliphatic hydroxyl groups excluding tert-OH is 1. The van der Waals surface area contributed by atoms with Crippen molar-refractivity contribution >= 4 is 38.8 Å². The lowest BCUT2D eigenvalue weighted by molar-refractivity contribution is 0.0465. The highest BCUT2D eigenvalue weighted by Gasteiger charge is 2.28. The normalized spacial score (nSPS) is 22.4. The maximum Gasteiger partial charge on any atom is 0.107 e. The molecule has 0 spiro atoms. The molecule has 98 valence electrons. The Morgan fingerprint density at radius 1 is 1.56 bits per heavy atom. The molecule has 0 aromatic heterocycles. The Morgan fingerprint density at radius 2 is 2.22 bits per heavy atom. The van der Waals surface area contributed by atoms with Crippen LogP contribution in [0.4, 0.5) is 5.69 Å². The molecule has 1 aliphatic carbocycles. The van der Waals surface area contributed by atoms with Crippen LogP contribution in [0, 0.1) is 5.92 Å². The first-order valence-electron chi connectivity index (χ1n) is 5.96. The van der Waals surface area contributed by atoms with E-state index in [1.165, 1.54) is 0 Å². The van der Waals surface area contributed by atoms with Gasteiger partial charge in [0.25, 0.3) is 0 Å². The highest BCUT2D eigenvalue weighted by atomic mass is 79.9. The van der Waals surface area contributed by atoms with Crippen LogP contribution in [0.1, 0.15) is 18.4 Å². The molecule has 1 aromatic rings. The average Bonchev–Trinajstić information content (AvgIpc) is 2.26. The second-order valence-electron chi connectivity index (χ2n) is 4.87. The Kier molecular flexibility index (Phi) is 4.25. The fraction of sp³-hybridized carbons (Fsp3) is 0.462. The lowest BCUT2D eigenvalue weighted by atomic mass is 9.82. The van der Waals surface area contributed by atoms with Gasteiger partial charge in [-0.15, -0.1) is 0 Å². The third-order valence-corrected chi connectivity index (χ3v) is 4.26. The number of anilines is 1. The largest absolute Gasteiger partial charge is 0.393 e. The van der Waals surface area contributed by atoms with Crippen LogP contribution in [0.2, 0.25) is 0 Å². The number of nitrogens with two attached hydrogens (primary N) is 1. The first-order chi connectivity index (χ1) is 8.49. The van der Waals surface area contributed by atoms with Gasteiger partial charge in [-0.3, -0.25) is 0 Å². The van der Waals surface area contributed by atoms with Crippen molar-refractivity contribution in [2.45, 2.75) is 18.9 Å². The Bertz CT molecular complexity index is 460. The van der Waals surface area contributed by atoms with Crippen molar-refractivity contribution in [1.29, 1.82) is 0 Å². The summed E-state index contributed by atoms with van der Waals surface area (Å²) in [5.41, 5.74) is 7.71. The van der Waals surface area contributed by atoms with Crippen LogP contribution in [0.25, 0.3) is 0 Å². The summed E-state index contributed by atoms with van der Waals surface area (Å²) in [6.07, 6.45) is 1.67. The molecule has 1 saturated carbocycles. The Balaban J connectivity index is 2.16. The van der Waals surface area contributed by atoms with E-state index in [1.807, 2.05) is 25.2 Å². The van der Waals surface area contributed by atoms with Crippen molar-refractivity contribution in [3.63, 3.8) is 0 Å². The summed E-state index contributed by atoms with van der Waals surface area (Å²) in [5, 5.41) is 9.32. The maximum atomic E-state index is 9.32. The Labute approximate surface area is 121 Å². The molecule has 0 unspecified atom stereocenters. The predicted molar refractivity (Wildman–Crippen MR) is 82.0 cm³/mol. The van der Waals surface area contributed by atoms with Crippen LogP contribution >= 0.6 is 28.1 Å². The molecule has 0 amide bonds. The van der Waals surface area contributed by atoms with Gasteiger partial charge in [-0.2, -0.15) is 0 Å². The SMILES string of the molecule is CN(CC1CC(O)C1)c1cccc(Br)c1C(N)=S. The number of thiocarbonyl (C=S) groups is 1. The molecule has 1 fully saturated rings. The molecule has 1 aliphatic rings. The molecule has 5 heteroatoms. The van der Waals surface area contributed by atoms with Gasteiger partial charge in [-0.1, -0.05) is 18.3 Å². The molecule has 3 N–H and O–H groups in total. The standard InChI is InChI=1S/C13H17BrN2OS/c1-16(7-8-5-9(17)6-8)11-4-2-3-10(14)12(11)13(15)18/h2-4,8-9,17H,5-7H2,1H3,(H2,15,18). The second kappa shape index (κ2) is 5.55. The average molecular weight is 329 g/mol. The summed E-state index contributed by atoms with van der Waals surface area (Å²) in [6, 6.07) is 5.95. The zero-order chi connectivity index (χ0) is 13.3. The molecule has 1 aromatic carbocycles. The monoisotopic (exact) mass is 328 g/mol. The first kappa shape index (κ1) is 13.8. The molecule has 2 rings (SSSR count). The van der Waals surface area contributed by atoms with E-state index >= 15 is 0 Å². The van der Waals surface area contributed by atoms with Gasteiger partial charge in [-0.25, -0.2) is 0 Å². The van der Waals surface area contributed by atoms with Gasteiger partial charge in [-0.05, 0) is 46.8 Å².